The summed E-state index contributed by atoms with van der Waals surface area (Å²) in [4.78, 5) is 14.5. The Balaban J connectivity index is 1.65. The highest BCUT2D eigenvalue weighted by atomic mass is 32.1. The summed E-state index contributed by atoms with van der Waals surface area (Å²) in [6.07, 6.45) is 2.07. The van der Waals surface area contributed by atoms with E-state index in [0.717, 1.165) is 23.5 Å². The number of rotatable bonds is 3. The van der Waals surface area contributed by atoms with Crippen LogP contribution >= 0.6 is 12.2 Å². The van der Waals surface area contributed by atoms with E-state index in [4.69, 9.17) is 18.0 Å². The van der Waals surface area contributed by atoms with Gasteiger partial charge in [-0.2, -0.15) is 0 Å². The third kappa shape index (κ3) is 2.92. The smallest absolute Gasteiger partial charge is 0.227 e. The Bertz CT molecular complexity index is 679. The van der Waals surface area contributed by atoms with Gasteiger partial charge in [-0.1, -0.05) is 36.5 Å². The van der Waals surface area contributed by atoms with Gasteiger partial charge in [0.2, 0.25) is 5.91 Å². The number of fused-ring (bicyclic) bond motifs is 1. The van der Waals surface area contributed by atoms with Crippen LogP contribution in [0.15, 0.2) is 30.6 Å². The van der Waals surface area contributed by atoms with E-state index >= 15 is 0 Å². The lowest BCUT2D eigenvalue weighted by Crippen LogP contribution is -2.39. The maximum absolute atomic E-state index is 12.3. The number of nitrogens with two attached hydrogens (primary N) is 1. The van der Waals surface area contributed by atoms with Gasteiger partial charge in [-0.05, 0) is 5.56 Å². The lowest BCUT2D eigenvalue weighted by molar-refractivity contribution is -0.132. The number of hydrogen-bond acceptors (Lipinski definition) is 4. The largest absolute Gasteiger partial charge is 0.389 e. The molecule has 2 aromatic rings. The summed E-state index contributed by atoms with van der Waals surface area (Å²) in [5.41, 5.74) is 7.32. The summed E-state index contributed by atoms with van der Waals surface area (Å²) in [7, 11) is 0. The van der Waals surface area contributed by atoms with Crippen LogP contribution in [0, 0.1) is 0 Å². The fourth-order valence-corrected chi connectivity index (χ4v) is 2.49. The fraction of sp³-hybridized carbons (Fsp3) is 0.286. The SMILES string of the molecule is NC(=S)c1ccc(CC(=O)N2CCn3cnnc3C2)cc1. The Labute approximate surface area is 127 Å². The van der Waals surface area contributed by atoms with Crippen LogP contribution in [0.5, 0.6) is 0 Å². The number of aromatic nitrogens is 3. The Morgan fingerprint density at radius 3 is 2.76 bits per heavy atom. The Morgan fingerprint density at radius 1 is 1.29 bits per heavy atom. The van der Waals surface area contributed by atoms with Gasteiger partial charge < -0.3 is 15.2 Å². The summed E-state index contributed by atoms with van der Waals surface area (Å²) in [5.74, 6) is 0.922. The highest BCUT2D eigenvalue weighted by Gasteiger charge is 2.21. The molecule has 7 heteroatoms. The van der Waals surface area contributed by atoms with Crippen LogP contribution in [-0.2, 0) is 24.3 Å². The van der Waals surface area contributed by atoms with Crippen LogP contribution < -0.4 is 5.73 Å². The average molecular weight is 301 g/mol. The number of nitrogens with zero attached hydrogens (tertiary/aromatic N) is 4. The van der Waals surface area contributed by atoms with Crippen LogP contribution in [0.4, 0.5) is 0 Å². The van der Waals surface area contributed by atoms with E-state index < -0.39 is 0 Å². The normalized spacial score (nSPS) is 13.8. The van der Waals surface area contributed by atoms with Gasteiger partial charge in [0.1, 0.15) is 11.3 Å². The lowest BCUT2D eigenvalue weighted by atomic mass is 10.1. The van der Waals surface area contributed by atoms with Crippen molar-refractivity contribution < 1.29 is 4.79 Å². The predicted molar refractivity (Wildman–Crippen MR) is 81.5 cm³/mol. The van der Waals surface area contributed by atoms with E-state index in [1.165, 1.54) is 0 Å². The average Bonchev–Trinajstić information content (AvgIpc) is 2.95. The van der Waals surface area contributed by atoms with Gasteiger partial charge in [-0.25, -0.2) is 0 Å². The molecule has 0 fully saturated rings. The summed E-state index contributed by atoms with van der Waals surface area (Å²) in [6.45, 7) is 1.95. The molecular formula is C14H15N5OS. The molecule has 1 aliphatic rings. The molecule has 0 unspecified atom stereocenters. The number of hydrogen-bond donors (Lipinski definition) is 1. The van der Waals surface area contributed by atoms with E-state index in [-0.39, 0.29) is 5.91 Å². The van der Waals surface area contributed by atoms with E-state index in [1.54, 1.807) is 6.33 Å². The first-order valence-corrected chi connectivity index (χ1v) is 7.07. The highest BCUT2D eigenvalue weighted by Crippen LogP contribution is 2.12. The third-order valence-corrected chi connectivity index (χ3v) is 3.82. The van der Waals surface area contributed by atoms with Gasteiger partial charge in [0.05, 0.1) is 13.0 Å². The molecule has 0 bridgehead atoms. The molecule has 2 heterocycles. The molecule has 1 amide bonds. The predicted octanol–water partition coefficient (Wildman–Crippen LogP) is 0.497. The molecule has 108 valence electrons. The fourth-order valence-electron chi connectivity index (χ4n) is 2.35. The van der Waals surface area contributed by atoms with Gasteiger partial charge in [0.15, 0.2) is 5.82 Å². The first kappa shape index (κ1) is 13.7. The Hall–Kier alpha value is -2.28. The molecular weight excluding hydrogens is 286 g/mol. The van der Waals surface area contributed by atoms with E-state index in [9.17, 15) is 4.79 Å². The maximum atomic E-state index is 12.3. The molecule has 3 rings (SSSR count). The van der Waals surface area contributed by atoms with Gasteiger partial charge in [0.25, 0.3) is 0 Å². The minimum absolute atomic E-state index is 0.0901. The summed E-state index contributed by atoms with van der Waals surface area (Å²) >= 11 is 4.91. The summed E-state index contributed by atoms with van der Waals surface area (Å²) < 4.78 is 1.97. The molecule has 0 aliphatic carbocycles. The second-order valence-corrected chi connectivity index (χ2v) is 5.43. The minimum Gasteiger partial charge on any atom is -0.389 e. The Kier molecular flexibility index (Phi) is 3.66. The van der Waals surface area contributed by atoms with Crippen molar-refractivity contribution in [1.82, 2.24) is 19.7 Å². The zero-order chi connectivity index (χ0) is 14.8. The van der Waals surface area contributed by atoms with E-state index in [0.29, 0.717) is 24.5 Å². The van der Waals surface area contributed by atoms with Crippen LogP contribution in [0.25, 0.3) is 0 Å². The van der Waals surface area contributed by atoms with Crippen LogP contribution in [0.2, 0.25) is 0 Å². The second-order valence-electron chi connectivity index (χ2n) is 4.99. The molecule has 2 N–H and O–H groups in total. The standard InChI is InChI=1S/C14H15N5OS/c15-14(21)11-3-1-10(2-4-11)7-13(20)18-5-6-19-9-16-17-12(19)8-18/h1-4,9H,5-8H2,(H2,15,21). The minimum atomic E-state index is 0.0901. The zero-order valence-electron chi connectivity index (χ0n) is 11.4. The van der Waals surface area contributed by atoms with Crippen molar-refractivity contribution in [3.63, 3.8) is 0 Å². The molecule has 1 aliphatic heterocycles. The van der Waals surface area contributed by atoms with Crippen LogP contribution in [0.1, 0.15) is 17.0 Å². The molecule has 0 radical (unpaired) electrons. The van der Waals surface area contributed by atoms with E-state index in [1.807, 2.05) is 33.7 Å². The molecule has 21 heavy (non-hydrogen) atoms. The van der Waals surface area contributed by atoms with Crippen molar-refractivity contribution in [3.8, 4) is 0 Å². The first-order valence-electron chi connectivity index (χ1n) is 6.66. The topological polar surface area (TPSA) is 77.0 Å². The van der Waals surface area contributed by atoms with Crippen molar-refractivity contribution in [2.24, 2.45) is 5.73 Å². The Morgan fingerprint density at radius 2 is 2.05 bits per heavy atom. The van der Waals surface area contributed by atoms with Gasteiger partial charge in [-0.15, -0.1) is 10.2 Å². The van der Waals surface area contributed by atoms with Crippen molar-refractivity contribution >= 4 is 23.1 Å². The number of amides is 1. The second kappa shape index (κ2) is 5.61. The highest BCUT2D eigenvalue weighted by molar-refractivity contribution is 7.80. The molecule has 0 saturated carbocycles. The van der Waals surface area contributed by atoms with E-state index in [2.05, 4.69) is 10.2 Å². The van der Waals surface area contributed by atoms with Crippen molar-refractivity contribution in [1.29, 1.82) is 0 Å². The summed E-state index contributed by atoms with van der Waals surface area (Å²) in [5, 5.41) is 7.88. The van der Waals surface area contributed by atoms with Gasteiger partial charge >= 0.3 is 0 Å². The van der Waals surface area contributed by atoms with Gasteiger partial charge in [-0.3, -0.25) is 4.79 Å². The van der Waals surface area contributed by atoms with Gasteiger partial charge in [0, 0.05) is 18.7 Å². The maximum Gasteiger partial charge on any atom is 0.227 e. The summed E-state index contributed by atoms with van der Waals surface area (Å²) in [6, 6.07) is 7.47. The molecule has 0 spiro atoms. The number of carbonyl (C=O) groups excluding carboxylic acids is 1. The molecule has 6 nitrogen and oxygen atoms in total. The zero-order valence-corrected chi connectivity index (χ0v) is 12.2. The number of carbonyl (C=O) groups is 1. The third-order valence-electron chi connectivity index (χ3n) is 3.59. The van der Waals surface area contributed by atoms with Crippen LogP contribution in [-0.4, -0.2) is 37.1 Å². The lowest BCUT2D eigenvalue weighted by Gasteiger charge is -2.27. The van der Waals surface area contributed by atoms with Crippen molar-refractivity contribution in [3.05, 3.63) is 47.5 Å². The number of benzene rings is 1. The van der Waals surface area contributed by atoms with Crippen LogP contribution in [0.3, 0.4) is 0 Å². The molecule has 0 saturated heterocycles. The monoisotopic (exact) mass is 301 g/mol. The number of thiocarbonyl (C=S) groups is 1. The molecule has 1 aromatic heterocycles. The molecule has 0 atom stereocenters. The first-order chi connectivity index (χ1) is 10.1. The quantitative estimate of drug-likeness (QED) is 0.835. The van der Waals surface area contributed by atoms with Crippen molar-refractivity contribution in [2.75, 3.05) is 6.54 Å². The van der Waals surface area contributed by atoms with Crippen molar-refractivity contribution in [2.45, 2.75) is 19.5 Å². The molecule has 1 aromatic carbocycles.